The van der Waals surface area contributed by atoms with Crippen LogP contribution in [0.4, 0.5) is 5.69 Å². The zero-order chi connectivity index (χ0) is 19.9. The van der Waals surface area contributed by atoms with Crippen molar-refractivity contribution in [3.05, 3.63) is 59.1 Å². The van der Waals surface area contributed by atoms with Gasteiger partial charge in [0.05, 0.1) is 0 Å². The average Bonchev–Trinajstić information content (AvgIpc) is 2.71. The van der Waals surface area contributed by atoms with Crippen molar-refractivity contribution in [1.82, 2.24) is 10.2 Å². The number of carbonyl (C=O) groups is 2. The zero-order valence-corrected chi connectivity index (χ0v) is 16.4. The highest BCUT2D eigenvalue weighted by molar-refractivity contribution is 6.30. The van der Waals surface area contributed by atoms with Crippen LogP contribution in [0.5, 0.6) is 5.75 Å². The lowest BCUT2D eigenvalue weighted by atomic mass is 10.2. The van der Waals surface area contributed by atoms with Crippen LogP contribution in [0.1, 0.15) is 23.2 Å². The third-order valence-electron chi connectivity index (χ3n) is 4.79. The number of anilines is 1. The first kappa shape index (κ1) is 20.0. The molecule has 1 aliphatic rings. The number of aromatic hydroxyl groups is 1. The number of piperazine rings is 1. The topological polar surface area (TPSA) is 72.9 Å². The Kier molecular flexibility index (Phi) is 6.76. The Morgan fingerprint density at radius 1 is 1.04 bits per heavy atom. The number of hydrogen-bond acceptors (Lipinski definition) is 4. The molecule has 148 valence electrons. The molecule has 0 bridgehead atoms. The van der Waals surface area contributed by atoms with Crippen LogP contribution in [0.15, 0.2) is 48.5 Å². The van der Waals surface area contributed by atoms with Crippen LogP contribution in [0.2, 0.25) is 5.02 Å². The van der Waals surface area contributed by atoms with E-state index in [0.717, 1.165) is 18.8 Å². The van der Waals surface area contributed by atoms with Crippen LogP contribution in [-0.2, 0) is 4.79 Å². The van der Waals surface area contributed by atoms with Crippen LogP contribution in [0.25, 0.3) is 0 Å². The highest BCUT2D eigenvalue weighted by Crippen LogP contribution is 2.21. The molecule has 1 fully saturated rings. The zero-order valence-electron chi connectivity index (χ0n) is 15.6. The summed E-state index contributed by atoms with van der Waals surface area (Å²) in [7, 11) is 0. The van der Waals surface area contributed by atoms with E-state index in [0.29, 0.717) is 43.1 Å². The van der Waals surface area contributed by atoms with E-state index in [9.17, 15) is 14.7 Å². The van der Waals surface area contributed by atoms with Crippen LogP contribution in [-0.4, -0.2) is 54.5 Å². The molecule has 0 radical (unpaired) electrons. The molecule has 0 aliphatic carbocycles. The summed E-state index contributed by atoms with van der Waals surface area (Å²) in [5.41, 5.74) is 1.52. The fourth-order valence-electron chi connectivity index (χ4n) is 3.21. The van der Waals surface area contributed by atoms with E-state index >= 15 is 0 Å². The quantitative estimate of drug-likeness (QED) is 0.730. The molecule has 1 saturated heterocycles. The number of rotatable bonds is 6. The third kappa shape index (κ3) is 5.39. The van der Waals surface area contributed by atoms with Crippen molar-refractivity contribution < 1.29 is 14.7 Å². The highest BCUT2D eigenvalue weighted by Gasteiger charge is 2.21. The predicted molar refractivity (Wildman–Crippen MR) is 110 cm³/mol. The summed E-state index contributed by atoms with van der Waals surface area (Å²) in [6.45, 7) is 3.25. The van der Waals surface area contributed by atoms with Crippen LogP contribution < -0.4 is 10.2 Å². The van der Waals surface area contributed by atoms with Gasteiger partial charge in [0.25, 0.3) is 5.91 Å². The second-order valence-corrected chi connectivity index (χ2v) is 7.19. The number of hydrogen-bond donors (Lipinski definition) is 2. The normalized spacial score (nSPS) is 14.0. The molecular weight excluding hydrogens is 378 g/mol. The number of halogens is 1. The minimum atomic E-state index is -0.163. The Bertz CT molecular complexity index is 818. The maximum atomic E-state index is 12.4. The van der Waals surface area contributed by atoms with Crippen molar-refractivity contribution in [1.29, 1.82) is 0 Å². The first-order valence-corrected chi connectivity index (χ1v) is 9.76. The lowest BCUT2D eigenvalue weighted by Gasteiger charge is -2.36. The molecule has 2 aromatic rings. The van der Waals surface area contributed by atoms with Gasteiger partial charge in [-0.05, 0) is 42.8 Å². The van der Waals surface area contributed by atoms with Gasteiger partial charge in [-0.2, -0.15) is 0 Å². The molecule has 2 N–H and O–H groups in total. The van der Waals surface area contributed by atoms with E-state index in [4.69, 9.17) is 11.6 Å². The summed E-state index contributed by atoms with van der Waals surface area (Å²) in [6.07, 6.45) is 1.01. The van der Waals surface area contributed by atoms with Crippen LogP contribution in [0.3, 0.4) is 0 Å². The number of amides is 2. The smallest absolute Gasteiger partial charge is 0.251 e. The highest BCUT2D eigenvalue weighted by atomic mass is 35.5. The van der Waals surface area contributed by atoms with Crippen molar-refractivity contribution in [3.8, 4) is 5.75 Å². The van der Waals surface area contributed by atoms with E-state index in [1.54, 1.807) is 36.4 Å². The number of benzene rings is 2. The Hall–Kier alpha value is -2.73. The van der Waals surface area contributed by atoms with E-state index in [1.165, 1.54) is 0 Å². The molecule has 28 heavy (non-hydrogen) atoms. The van der Waals surface area contributed by atoms with Crippen molar-refractivity contribution in [2.45, 2.75) is 12.8 Å². The second kappa shape index (κ2) is 9.46. The third-order valence-corrected chi connectivity index (χ3v) is 5.04. The summed E-state index contributed by atoms with van der Waals surface area (Å²) in [4.78, 5) is 28.4. The Labute approximate surface area is 169 Å². The van der Waals surface area contributed by atoms with Gasteiger partial charge in [-0.25, -0.2) is 0 Å². The molecule has 2 amide bonds. The van der Waals surface area contributed by atoms with E-state index in [1.807, 2.05) is 17.0 Å². The molecule has 1 heterocycles. The number of phenols is 1. The van der Waals surface area contributed by atoms with Crippen molar-refractivity contribution >= 4 is 29.1 Å². The lowest BCUT2D eigenvalue weighted by Crippen LogP contribution is -2.48. The second-order valence-electron chi connectivity index (χ2n) is 6.75. The van der Waals surface area contributed by atoms with Gasteiger partial charge in [-0.1, -0.05) is 17.7 Å². The monoisotopic (exact) mass is 401 g/mol. The molecule has 0 unspecified atom stereocenters. The van der Waals surface area contributed by atoms with Gasteiger partial charge >= 0.3 is 0 Å². The van der Waals surface area contributed by atoms with Gasteiger partial charge in [0.15, 0.2) is 0 Å². The van der Waals surface area contributed by atoms with Gasteiger partial charge in [0.2, 0.25) is 5.91 Å². The Morgan fingerprint density at radius 2 is 1.75 bits per heavy atom. The first-order valence-electron chi connectivity index (χ1n) is 9.38. The molecule has 7 heteroatoms. The number of phenolic OH excluding ortho intramolecular Hbond substituents is 1. The van der Waals surface area contributed by atoms with Crippen molar-refractivity contribution in [2.24, 2.45) is 0 Å². The van der Waals surface area contributed by atoms with Gasteiger partial charge in [0.1, 0.15) is 5.75 Å². The summed E-state index contributed by atoms with van der Waals surface area (Å²) < 4.78 is 0. The lowest BCUT2D eigenvalue weighted by molar-refractivity contribution is -0.131. The fourth-order valence-corrected chi connectivity index (χ4v) is 3.33. The fraction of sp³-hybridized carbons (Fsp3) is 0.333. The molecule has 2 aromatic carbocycles. The van der Waals surface area contributed by atoms with E-state index < -0.39 is 0 Å². The minimum Gasteiger partial charge on any atom is -0.508 e. The molecular formula is C21H24ClN3O3. The molecule has 3 rings (SSSR count). The largest absolute Gasteiger partial charge is 0.508 e. The van der Waals surface area contributed by atoms with Gasteiger partial charge < -0.3 is 20.2 Å². The number of nitrogens with one attached hydrogen (secondary N) is 1. The molecule has 0 aromatic heterocycles. The van der Waals surface area contributed by atoms with Gasteiger partial charge in [-0.15, -0.1) is 0 Å². The van der Waals surface area contributed by atoms with Crippen LogP contribution in [0, 0.1) is 0 Å². The SMILES string of the molecule is O=C(NCCCC(=O)N1CCN(c2cccc(O)c2)CC1)c1ccc(Cl)cc1. The number of carbonyl (C=O) groups excluding carboxylic acids is 2. The maximum Gasteiger partial charge on any atom is 0.251 e. The standard InChI is InChI=1S/C21H24ClN3O3/c22-17-8-6-16(7-9-17)21(28)23-10-2-5-20(27)25-13-11-24(12-14-25)18-3-1-4-19(26)15-18/h1,3-4,6-9,15,26H,2,5,10-14H2,(H,23,28). The number of nitrogens with zero attached hydrogens (tertiary/aromatic N) is 2. The summed E-state index contributed by atoms with van der Waals surface area (Å²) in [6, 6.07) is 13.9. The van der Waals surface area contributed by atoms with Crippen molar-refractivity contribution in [2.75, 3.05) is 37.6 Å². The molecule has 0 saturated carbocycles. The molecule has 1 aliphatic heterocycles. The molecule has 0 atom stereocenters. The summed E-state index contributed by atoms with van der Waals surface area (Å²) in [5, 5.41) is 13.0. The summed E-state index contributed by atoms with van der Waals surface area (Å²) >= 11 is 5.81. The maximum absolute atomic E-state index is 12.4. The minimum absolute atomic E-state index is 0.108. The van der Waals surface area contributed by atoms with E-state index in [-0.39, 0.29) is 17.6 Å². The molecule has 6 nitrogen and oxygen atoms in total. The Morgan fingerprint density at radius 3 is 2.43 bits per heavy atom. The first-order chi connectivity index (χ1) is 13.5. The summed E-state index contributed by atoms with van der Waals surface area (Å²) in [5.74, 6) is 0.191. The average molecular weight is 402 g/mol. The van der Waals surface area contributed by atoms with E-state index in [2.05, 4.69) is 10.2 Å². The molecule has 0 spiro atoms. The predicted octanol–water partition coefficient (Wildman–Crippen LogP) is 2.90. The van der Waals surface area contributed by atoms with Gasteiger partial charge in [-0.3, -0.25) is 9.59 Å². The van der Waals surface area contributed by atoms with Crippen molar-refractivity contribution in [3.63, 3.8) is 0 Å². The van der Waals surface area contributed by atoms with Crippen LogP contribution >= 0.6 is 11.6 Å². The Balaban J connectivity index is 1.36. The van der Waals surface area contributed by atoms with Gasteiger partial charge in [0, 0.05) is 61.5 Å².